The third kappa shape index (κ3) is 2.98. The minimum absolute atomic E-state index is 0.190. The Balaban J connectivity index is 1.79. The van der Waals surface area contributed by atoms with Gasteiger partial charge in [-0.05, 0) is 45.1 Å². The molecule has 1 aliphatic heterocycles. The molecule has 2 nitrogen and oxygen atoms in total. The SMILES string of the molecule is CCC1CCCCN1CCC1(N)CCCC1. The Bertz CT molecular complexity index is 209. The second kappa shape index (κ2) is 5.50. The van der Waals surface area contributed by atoms with Gasteiger partial charge >= 0.3 is 0 Å². The van der Waals surface area contributed by atoms with Crippen molar-refractivity contribution in [2.45, 2.75) is 76.3 Å². The van der Waals surface area contributed by atoms with Crippen molar-refractivity contribution in [3.8, 4) is 0 Å². The number of likely N-dealkylation sites (tertiary alicyclic amines) is 1. The molecule has 1 unspecified atom stereocenters. The molecule has 16 heavy (non-hydrogen) atoms. The molecule has 2 fully saturated rings. The maximum atomic E-state index is 6.44. The number of nitrogens with two attached hydrogens (primary N) is 1. The predicted molar refractivity (Wildman–Crippen MR) is 69.5 cm³/mol. The van der Waals surface area contributed by atoms with E-state index < -0.39 is 0 Å². The normalized spacial score (nSPS) is 30.8. The van der Waals surface area contributed by atoms with Gasteiger partial charge in [-0.1, -0.05) is 26.2 Å². The van der Waals surface area contributed by atoms with Crippen molar-refractivity contribution in [2.75, 3.05) is 13.1 Å². The molecular formula is C14H28N2. The van der Waals surface area contributed by atoms with E-state index in [0.29, 0.717) is 0 Å². The van der Waals surface area contributed by atoms with Crippen molar-refractivity contribution >= 4 is 0 Å². The minimum atomic E-state index is 0.190. The second-order valence-electron chi connectivity index (χ2n) is 5.91. The highest BCUT2D eigenvalue weighted by Gasteiger charge is 2.30. The smallest absolute Gasteiger partial charge is 0.0166 e. The van der Waals surface area contributed by atoms with Crippen molar-refractivity contribution in [1.29, 1.82) is 0 Å². The first-order chi connectivity index (χ1) is 7.73. The zero-order valence-electron chi connectivity index (χ0n) is 10.9. The lowest BCUT2D eigenvalue weighted by Crippen LogP contribution is -2.45. The van der Waals surface area contributed by atoms with Crippen LogP contribution in [0.2, 0.25) is 0 Å². The third-order valence-corrected chi connectivity index (χ3v) is 4.72. The van der Waals surface area contributed by atoms with Crippen LogP contribution in [0.25, 0.3) is 0 Å². The molecule has 2 rings (SSSR count). The molecule has 1 aliphatic carbocycles. The zero-order chi connectivity index (χ0) is 11.4. The van der Waals surface area contributed by atoms with Crippen LogP contribution in [0.5, 0.6) is 0 Å². The largest absolute Gasteiger partial charge is 0.325 e. The van der Waals surface area contributed by atoms with E-state index in [9.17, 15) is 0 Å². The average Bonchev–Trinajstić information content (AvgIpc) is 2.74. The van der Waals surface area contributed by atoms with Crippen LogP contribution in [-0.4, -0.2) is 29.6 Å². The molecule has 0 spiro atoms. The lowest BCUT2D eigenvalue weighted by atomic mass is 9.92. The molecule has 0 aromatic heterocycles. The summed E-state index contributed by atoms with van der Waals surface area (Å²) in [5.74, 6) is 0. The van der Waals surface area contributed by atoms with E-state index >= 15 is 0 Å². The van der Waals surface area contributed by atoms with Gasteiger partial charge < -0.3 is 10.6 Å². The number of piperidine rings is 1. The van der Waals surface area contributed by atoms with Crippen molar-refractivity contribution in [3.05, 3.63) is 0 Å². The van der Waals surface area contributed by atoms with Gasteiger partial charge in [0.25, 0.3) is 0 Å². The number of nitrogens with zero attached hydrogens (tertiary/aromatic N) is 1. The van der Waals surface area contributed by atoms with E-state index in [1.807, 2.05) is 0 Å². The van der Waals surface area contributed by atoms with Crippen molar-refractivity contribution in [2.24, 2.45) is 5.73 Å². The zero-order valence-corrected chi connectivity index (χ0v) is 10.9. The van der Waals surface area contributed by atoms with E-state index in [1.54, 1.807) is 0 Å². The van der Waals surface area contributed by atoms with Gasteiger partial charge in [0.1, 0.15) is 0 Å². The van der Waals surface area contributed by atoms with Crippen LogP contribution < -0.4 is 5.73 Å². The molecule has 0 aromatic rings. The van der Waals surface area contributed by atoms with Crippen LogP contribution >= 0.6 is 0 Å². The van der Waals surface area contributed by atoms with E-state index in [0.717, 1.165) is 6.04 Å². The lowest BCUT2D eigenvalue weighted by molar-refractivity contribution is 0.131. The van der Waals surface area contributed by atoms with Crippen LogP contribution in [0, 0.1) is 0 Å². The molecular weight excluding hydrogens is 196 g/mol. The maximum Gasteiger partial charge on any atom is 0.0166 e. The van der Waals surface area contributed by atoms with Gasteiger partial charge in [-0.3, -0.25) is 0 Å². The highest BCUT2D eigenvalue weighted by molar-refractivity contribution is 4.90. The van der Waals surface area contributed by atoms with Gasteiger partial charge in [-0.2, -0.15) is 0 Å². The van der Waals surface area contributed by atoms with E-state index in [2.05, 4.69) is 11.8 Å². The predicted octanol–water partition coefficient (Wildman–Crippen LogP) is 2.91. The average molecular weight is 224 g/mol. The Hall–Kier alpha value is -0.0800. The highest BCUT2D eigenvalue weighted by Crippen LogP contribution is 2.31. The summed E-state index contributed by atoms with van der Waals surface area (Å²) in [6.45, 7) is 4.89. The van der Waals surface area contributed by atoms with Gasteiger partial charge in [0.2, 0.25) is 0 Å². The Morgan fingerprint density at radius 2 is 1.94 bits per heavy atom. The summed E-state index contributed by atoms with van der Waals surface area (Å²) in [7, 11) is 0. The monoisotopic (exact) mass is 224 g/mol. The standard InChI is InChI=1S/C14H28N2/c1-2-13-7-3-6-11-16(13)12-10-14(15)8-4-5-9-14/h13H,2-12,15H2,1H3. The Labute approximate surface area is 101 Å². The topological polar surface area (TPSA) is 29.3 Å². The summed E-state index contributed by atoms with van der Waals surface area (Å²) in [6, 6.07) is 0.846. The molecule has 94 valence electrons. The van der Waals surface area contributed by atoms with Gasteiger partial charge in [0.05, 0.1) is 0 Å². The molecule has 1 saturated carbocycles. The summed E-state index contributed by atoms with van der Waals surface area (Å²) >= 11 is 0. The molecule has 0 aromatic carbocycles. The summed E-state index contributed by atoms with van der Waals surface area (Å²) in [4.78, 5) is 2.70. The maximum absolute atomic E-state index is 6.44. The van der Waals surface area contributed by atoms with E-state index in [-0.39, 0.29) is 5.54 Å². The van der Waals surface area contributed by atoms with Gasteiger partial charge in [-0.25, -0.2) is 0 Å². The van der Waals surface area contributed by atoms with Crippen molar-refractivity contribution in [3.63, 3.8) is 0 Å². The van der Waals surface area contributed by atoms with Gasteiger partial charge in [-0.15, -0.1) is 0 Å². The van der Waals surface area contributed by atoms with Crippen molar-refractivity contribution < 1.29 is 0 Å². The molecule has 0 radical (unpaired) electrons. The lowest BCUT2D eigenvalue weighted by Gasteiger charge is -2.37. The van der Waals surface area contributed by atoms with Crippen LogP contribution in [0.15, 0.2) is 0 Å². The first-order valence-corrected chi connectivity index (χ1v) is 7.26. The minimum Gasteiger partial charge on any atom is -0.325 e. The number of rotatable bonds is 4. The molecule has 2 heteroatoms. The Morgan fingerprint density at radius 1 is 1.19 bits per heavy atom. The highest BCUT2D eigenvalue weighted by atomic mass is 15.2. The molecule has 0 amide bonds. The first-order valence-electron chi connectivity index (χ1n) is 7.26. The molecule has 1 saturated heterocycles. The van der Waals surface area contributed by atoms with Crippen molar-refractivity contribution in [1.82, 2.24) is 4.90 Å². The van der Waals surface area contributed by atoms with E-state index in [4.69, 9.17) is 5.73 Å². The summed E-state index contributed by atoms with van der Waals surface area (Å²) in [5, 5.41) is 0. The third-order valence-electron chi connectivity index (χ3n) is 4.72. The summed E-state index contributed by atoms with van der Waals surface area (Å²) < 4.78 is 0. The molecule has 1 heterocycles. The second-order valence-corrected chi connectivity index (χ2v) is 5.91. The Kier molecular flexibility index (Phi) is 4.26. The number of hydrogen-bond donors (Lipinski definition) is 1. The van der Waals surface area contributed by atoms with Crippen LogP contribution in [0.4, 0.5) is 0 Å². The number of hydrogen-bond acceptors (Lipinski definition) is 2. The van der Waals surface area contributed by atoms with Crippen LogP contribution in [0.3, 0.4) is 0 Å². The van der Waals surface area contributed by atoms with Crippen LogP contribution in [0.1, 0.15) is 64.7 Å². The molecule has 2 aliphatic rings. The summed E-state index contributed by atoms with van der Waals surface area (Å²) in [5.41, 5.74) is 6.63. The van der Waals surface area contributed by atoms with Gasteiger partial charge in [0, 0.05) is 18.1 Å². The quantitative estimate of drug-likeness (QED) is 0.795. The van der Waals surface area contributed by atoms with E-state index in [1.165, 1.54) is 70.9 Å². The first kappa shape index (κ1) is 12.4. The Morgan fingerprint density at radius 3 is 2.62 bits per heavy atom. The fraction of sp³-hybridized carbons (Fsp3) is 1.00. The molecule has 2 N–H and O–H groups in total. The molecule has 1 atom stereocenters. The fourth-order valence-corrected chi connectivity index (χ4v) is 3.51. The van der Waals surface area contributed by atoms with Crippen LogP contribution in [-0.2, 0) is 0 Å². The van der Waals surface area contributed by atoms with Gasteiger partial charge in [0.15, 0.2) is 0 Å². The molecule has 0 bridgehead atoms. The summed E-state index contributed by atoms with van der Waals surface area (Å²) in [6.07, 6.45) is 12.0. The fourth-order valence-electron chi connectivity index (χ4n) is 3.51.